The van der Waals surface area contributed by atoms with Gasteiger partial charge in [-0.3, -0.25) is 5.10 Å². The summed E-state index contributed by atoms with van der Waals surface area (Å²) in [4.78, 5) is 0. The minimum absolute atomic E-state index is 0.546. The zero-order chi connectivity index (χ0) is 15.2. The number of anilines is 1. The summed E-state index contributed by atoms with van der Waals surface area (Å²) in [5, 5.41) is 7.28. The van der Waals surface area contributed by atoms with Gasteiger partial charge in [-0.15, -0.1) is 0 Å². The van der Waals surface area contributed by atoms with Crippen LogP contribution >= 0.6 is 0 Å². The normalized spacial score (nSPS) is 10.8. The van der Waals surface area contributed by atoms with E-state index in [0.29, 0.717) is 5.82 Å². The van der Waals surface area contributed by atoms with Crippen LogP contribution in [0.25, 0.3) is 11.1 Å². The number of methoxy groups -OCH3 is 1. The van der Waals surface area contributed by atoms with E-state index in [2.05, 4.69) is 30.1 Å². The number of hydrogen-bond donors (Lipinski definition) is 2. The number of nitrogens with one attached hydrogen (secondary N) is 1. The first kappa shape index (κ1) is 15.4. The fraction of sp³-hybridized carbons (Fsp3) is 0.471. The second-order valence-electron chi connectivity index (χ2n) is 5.48. The molecular weight excluding hydrogens is 262 g/mol. The number of aryl methyl sites for hydroxylation is 2. The standard InChI is InChI=1S/C17H25N3O/c1-4-5-6-7-8-14-16(17(18)20-19-14)13-11-12(2)9-10-15(13)21-3/h9-11H,4-8H2,1-3H3,(H3,18,19,20). The van der Waals surface area contributed by atoms with Crippen molar-refractivity contribution in [1.82, 2.24) is 10.2 Å². The first-order valence-electron chi connectivity index (χ1n) is 7.65. The Hall–Kier alpha value is -1.97. The van der Waals surface area contributed by atoms with E-state index in [1.54, 1.807) is 7.11 Å². The summed E-state index contributed by atoms with van der Waals surface area (Å²) >= 11 is 0. The SMILES string of the molecule is CCCCCCc1[nH]nc(N)c1-c1cc(C)ccc1OC. The maximum atomic E-state index is 6.08. The Labute approximate surface area is 126 Å². The number of unbranched alkanes of at least 4 members (excludes halogenated alkanes) is 3. The Bertz CT molecular complexity index is 590. The highest BCUT2D eigenvalue weighted by molar-refractivity contribution is 5.81. The first-order chi connectivity index (χ1) is 10.2. The van der Waals surface area contributed by atoms with Crippen molar-refractivity contribution in [2.75, 3.05) is 12.8 Å². The number of nitrogens with two attached hydrogens (primary N) is 1. The molecule has 0 spiro atoms. The van der Waals surface area contributed by atoms with E-state index < -0.39 is 0 Å². The number of H-pyrrole nitrogens is 1. The topological polar surface area (TPSA) is 63.9 Å². The molecular formula is C17H25N3O. The molecule has 0 saturated heterocycles. The van der Waals surface area contributed by atoms with Crippen molar-refractivity contribution in [2.45, 2.75) is 46.0 Å². The van der Waals surface area contributed by atoms with Crippen molar-refractivity contribution >= 4 is 5.82 Å². The molecule has 0 aliphatic carbocycles. The van der Waals surface area contributed by atoms with Gasteiger partial charge in [0.15, 0.2) is 5.82 Å². The number of rotatable bonds is 7. The maximum Gasteiger partial charge on any atom is 0.153 e. The predicted octanol–water partition coefficient (Wildman–Crippen LogP) is 4.10. The molecule has 0 amide bonds. The molecule has 1 heterocycles. The van der Waals surface area contributed by atoms with Gasteiger partial charge in [-0.25, -0.2) is 0 Å². The number of hydrogen-bond acceptors (Lipinski definition) is 3. The minimum atomic E-state index is 0.546. The van der Waals surface area contributed by atoms with Crippen molar-refractivity contribution < 1.29 is 4.74 Å². The van der Waals surface area contributed by atoms with Crippen LogP contribution in [-0.2, 0) is 6.42 Å². The summed E-state index contributed by atoms with van der Waals surface area (Å²) in [5.74, 6) is 1.38. The maximum absolute atomic E-state index is 6.08. The minimum Gasteiger partial charge on any atom is -0.496 e. The average molecular weight is 287 g/mol. The second kappa shape index (κ2) is 7.16. The molecule has 2 rings (SSSR count). The highest BCUT2D eigenvalue weighted by atomic mass is 16.5. The van der Waals surface area contributed by atoms with Gasteiger partial charge in [-0.05, 0) is 31.9 Å². The molecule has 4 heteroatoms. The number of nitrogens with zero attached hydrogens (tertiary/aromatic N) is 1. The van der Waals surface area contributed by atoms with Crippen LogP contribution in [0.5, 0.6) is 5.75 Å². The van der Waals surface area contributed by atoms with Gasteiger partial charge in [-0.1, -0.05) is 37.8 Å². The van der Waals surface area contributed by atoms with Crippen molar-refractivity contribution in [3.63, 3.8) is 0 Å². The zero-order valence-electron chi connectivity index (χ0n) is 13.2. The van der Waals surface area contributed by atoms with Gasteiger partial charge in [0.1, 0.15) is 5.75 Å². The van der Waals surface area contributed by atoms with Gasteiger partial charge in [0.2, 0.25) is 0 Å². The number of benzene rings is 1. The third-order valence-electron chi connectivity index (χ3n) is 3.77. The van der Waals surface area contributed by atoms with E-state index in [1.807, 2.05) is 12.1 Å². The summed E-state index contributed by atoms with van der Waals surface area (Å²) in [5.41, 5.74) is 10.4. The number of aromatic nitrogens is 2. The smallest absolute Gasteiger partial charge is 0.153 e. The molecule has 0 saturated carbocycles. The molecule has 2 aromatic rings. The van der Waals surface area contributed by atoms with Crippen LogP contribution in [-0.4, -0.2) is 17.3 Å². The van der Waals surface area contributed by atoms with E-state index in [9.17, 15) is 0 Å². The highest BCUT2D eigenvalue weighted by Gasteiger charge is 2.16. The van der Waals surface area contributed by atoms with Crippen LogP contribution in [0.15, 0.2) is 18.2 Å². The quantitative estimate of drug-likeness (QED) is 0.754. The molecule has 0 atom stereocenters. The van der Waals surface area contributed by atoms with Crippen LogP contribution in [0.3, 0.4) is 0 Å². The molecule has 1 aromatic heterocycles. The lowest BCUT2D eigenvalue weighted by molar-refractivity contribution is 0.416. The number of nitrogen functional groups attached to an aromatic ring is 1. The molecule has 114 valence electrons. The third-order valence-corrected chi connectivity index (χ3v) is 3.77. The van der Waals surface area contributed by atoms with E-state index in [-0.39, 0.29) is 0 Å². The van der Waals surface area contributed by atoms with Crippen molar-refractivity contribution in [2.24, 2.45) is 0 Å². The van der Waals surface area contributed by atoms with Crippen LogP contribution in [0.1, 0.15) is 43.9 Å². The Morgan fingerprint density at radius 2 is 2.05 bits per heavy atom. The number of ether oxygens (including phenoxy) is 1. The Morgan fingerprint density at radius 1 is 1.24 bits per heavy atom. The third kappa shape index (κ3) is 3.57. The van der Waals surface area contributed by atoms with Crippen LogP contribution in [0, 0.1) is 6.92 Å². The second-order valence-corrected chi connectivity index (χ2v) is 5.48. The highest BCUT2D eigenvalue weighted by Crippen LogP contribution is 2.36. The van der Waals surface area contributed by atoms with Crippen LogP contribution in [0.4, 0.5) is 5.82 Å². The zero-order valence-corrected chi connectivity index (χ0v) is 13.2. The molecule has 0 aliphatic heterocycles. The van der Waals surface area contributed by atoms with Gasteiger partial charge >= 0.3 is 0 Å². The van der Waals surface area contributed by atoms with Crippen molar-refractivity contribution in [3.8, 4) is 16.9 Å². The molecule has 3 N–H and O–H groups in total. The van der Waals surface area contributed by atoms with E-state index in [0.717, 1.165) is 35.4 Å². The van der Waals surface area contributed by atoms with Gasteiger partial charge < -0.3 is 10.5 Å². The molecule has 0 aliphatic rings. The Morgan fingerprint density at radius 3 is 2.76 bits per heavy atom. The first-order valence-corrected chi connectivity index (χ1v) is 7.65. The monoisotopic (exact) mass is 287 g/mol. The fourth-order valence-corrected chi connectivity index (χ4v) is 2.62. The largest absolute Gasteiger partial charge is 0.496 e. The van der Waals surface area contributed by atoms with E-state index in [1.165, 1.54) is 24.8 Å². The molecule has 1 aromatic carbocycles. The lowest BCUT2D eigenvalue weighted by atomic mass is 9.99. The fourth-order valence-electron chi connectivity index (χ4n) is 2.62. The summed E-state index contributed by atoms with van der Waals surface area (Å²) in [6, 6.07) is 6.13. The molecule has 0 bridgehead atoms. The van der Waals surface area contributed by atoms with Gasteiger partial charge in [-0.2, -0.15) is 5.10 Å². The predicted molar refractivity (Wildman–Crippen MR) is 87.6 cm³/mol. The van der Waals surface area contributed by atoms with Gasteiger partial charge in [0.05, 0.1) is 12.7 Å². The van der Waals surface area contributed by atoms with Crippen LogP contribution in [0.2, 0.25) is 0 Å². The average Bonchev–Trinajstić information content (AvgIpc) is 2.84. The lowest BCUT2D eigenvalue weighted by Crippen LogP contribution is -1.95. The van der Waals surface area contributed by atoms with Crippen LogP contribution < -0.4 is 10.5 Å². The van der Waals surface area contributed by atoms with Crippen molar-refractivity contribution in [3.05, 3.63) is 29.5 Å². The van der Waals surface area contributed by atoms with Crippen molar-refractivity contribution in [1.29, 1.82) is 0 Å². The van der Waals surface area contributed by atoms with Gasteiger partial charge in [0, 0.05) is 11.3 Å². The molecule has 21 heavy (non-hydrogen) atoms. The van der Waals surface area contributed by atoms with E-state index in [4.69, 9.17) is 10.5 Å². The van der Waals surface area contributed by atoms with E-state index >= 15 is 0 Å². The number of aromatic amines is 1. The Balaban J connectivity index is 2.31. The summed E-state index contributed by atoms with van der Waals surface area (Å²) < 4.78 is 5.48. The van der Waals surface area contributed by atoms with Gasteiger partial charge in [0.25, 0.3) is 0 Å². The molecule has 4 nitrogen and oxygen atoms in total. The summed E-state index contributed by atoms with van der Waals surface area (Å²) in [6.07, 6.45) is 5.86. The lowest BCUT2D eigenvalue weighted by Gasteiger charge is -2.11. The molecule has 0 fully saturated rings. The Kier molecular flexibility index (Phi) is 5.26. The molecule has 0 unspecified atom stereocenters. The summed E-state index contributed by atoms with van der Waals surface area (Å²) in [6.45, 7) is 4.29. The summed E-state index contributed by atoms with van der Waals surface area (Å²) in [7, 11) is 1.69. The molecule has 0 radical (unpaired) electrons.